The van der Waals surface area contributed by atoms with Gasteiger partial charge in [-0.25, -0.2) is 4.98 Å². The van der Waals surface area contributed by atoms with Gasteiger partial charge in [0, 0.05) is 55.8 Å². The quantitative estimate of drug-likeness (QED) is 0.552. The van der Waals surface area contributed by atoms with E-state index in [1.54, 1.807) is 0 Å². The zero-order chi connectivity index (χ0) is 24.4. The monoisotopic (exact) mass is 479 g/mol. The molecule has 0 spiro atoms. The molecule has 2 aromatic heterocycles. The van der Waals surface area contributed by atoms with Gasteiger partial charge >= 0.3 is 0 Å². The first-order valence-corrected chi connectivity index (χ1v) is 13.0. The number of aromatic nitrogens is 4. The van der Waals surface area contributed by atoms with Gasteiger partial charge in [0.05, 0.1) is 13.2 Å². The van der Waals surface area contributed by atoms with Crippen LogP contribution in [-0.4, -0.2) is 69.2 Å². The average Bonchev–Trinajstić information content (AvgIpc) is 3.50. The van der Waals surface area contributed by atoms with Gasteiger partial charge in [-0.3, -0.25) is 14.8 Å². The molecule has 2 bridgehead atoms. The van der Waals surface area contributed by atoms with Crippen LogP contribution in [0.4, 0.5) is 17.6 Å². The summed E-state index contributed by atoms with van der Waals surface area (Å²) in [6, 6.07) is 5.11. The smallest absolute Gasteiger partial charge is 0.227 e. The maximum absolute atomic E-state index is 12.4. The molecule has 3 aliphatic heterocycles. The predicted molar refractivity (Wildman–Crippen MR) is 137 cm³/mol. The van der Waals surface area contributed by atoms with Crippen LogP contribution in [-0.2, 0) is 9.53 Å². The summed E-state index contributed by atoms with van der Waals surface area (Å²) in [6.45, 7) is 5.34. The van der Waals surface area contributed by atoms with Crippen LogP contribution in [0.1, 0.15) is 69.7 Å². The highest BCUT2D eigenvalue weighted by atomic mass is 16.5. The molecule has 5 rings (SSSR count). The lowest BCUT2D eigenvalue weighted by Crippen LogP contribution is -2.57. The van der Waals surface area contributed by atoms with E-state index in [1.165, 1.54) is 6.42 Å². The van der Waals surface area contributed by atoms with E-state index >= 15 is 0 Å². The molecule has 2 fully saturated rings. The summed E-state index contributed by atoms with van der Waals surface area (Å²) in [5.41, 5.74) is 1.77. The van der Waals surface area contributed by atoms with E-state index in [4.69, 9.17) is 14.7 Å². The van der Waals surface area contributed by atoms with Crippen molar-refractivity contribution in [1.29, 1.82) is 0 Å². The normalized spacial score (nSPS) is 24.1. The highest BCUT2D eigenvalue weighted by Crippen LogP contribution is 2.37. The van der Waals surface area contributed by atoms with Gasteiger partial charge in [0.15, 0.2) is 5.82 Å². The molecule has 0 amide bonds. The number of piperidine rings is 2. The summed E-state index contributed by atoms with van der Waals surface area (Å²) >= 11 is 0. The second-order valence-electron chi connectivity index (χ2n) is 10.1. The van der Waals surface area contributed by atoms with Gasteiger partial charge in [0.25, 0.3) is 0 Å². The summed E-state index contributed by atoms with van der Waals surface area (Å²) in [7, 11) is 2.10. The SMILES string of the molecule is CCCC(=O)CN1[C@@H]2CCC[C@H]1CC(N(C)c1nc(Nc3cc(C)[nH]n3)cc(C3=CCCO3)n1)C2. The number of ketones is 1. The largest absolute Gasteiger partial charge is 0.491 e. The molecule has 9 heteroatoms. The Balaban J connectivity index is 1.37. The summed E-state index contributed by atoms with van der Waals surface area (Å²) in [5.74, 6) is 3.29. The fraction of sp³-hybridized carbons (Fsp3) is 0.615. The van der Waals surface area contributed by atoms with Crippen molar-refractivity contribution in [3.8, 4) is 0 Å². The Morgan fingerprint density at radius 3 is 2.69 bits per heavy atom. The predicted octanol–water partition coefficient (Wildman–Crippen LogP) is 4.20. The van der Waals surface area contributed by atoms with Crippen molar-refractivity contribution < 1.29 is 9.53 Å². The van der Waals surface area contributed by atoms with E-state index in [0.717, 1.165) is 61.5 Å². The number of H-pyrrole nitrogens is 1. The van der Waals surface area contributed by atoms with Gasteiger partial charge < -0.3 is 15.0 Å². The third-order valence-electron chi connectivity index (χ3n) is 7.49. The molecule has 0 aromatic carbocycles. The summed E-state index contributed by atoms with van der Waals surface area (Å²) in [5, 5.41) is 10.6. The number of rotatable bonds is 9. The second kappa shape index (κ2) is 10.4. The molecule has 1 unspecified atom stereocenters. The standard InChI is InChI=1S/C26H37N7O2/c1-4-7-21(34)16-33-18-8-5-9-19(33)14-20(13-18)32(3)26-27-22(23-10-6-11-35-23)15-24(29-26)28-25-12-17(2)30-31-25/h10,12,15,18-20H,4-9,11,13-14,16H2,1-3H3,(H2,27,28,29,30,31)/t18-,19+,20?. The van der Waals surface area contributed by atoms with Crippen LogP contribution in [0.25, 0.3) is 5.76 Å². The minimum Gasteiger partial charge on any atom is -0.491 e. The lowest BCUT2D eigenvalue weighted by molar-refractivity contribution is -0.123. The average molecular weight is 480 g/mol. The molecule has 0 saturated carbocycles. The molecule has 0 radical (unpaired) electrons. The van der Waals surface area contributed by atoms with Crippen LogP contribution in [0.2, 0.25) is 0 Å². The molecule has 2 aromatic rings. The van der Waals surface area contributed by atoms with Crippen molar-refractivity contribution in [2.24, 2.45) is 0 Å². The zero-order valence-corrected chi connectivity index (χ0v) is 21.1. The first-order chi connectivity index (χ1) is 17.0. The Bertz CT molecular complexity index is 1070. The molecular weight excluding hydrogens is 442 g/mol. The van der Waals surface area contributed by atoms with Gasteiger partial charge in [0.1, 0.15) is 23.1 Å². The number of Topliss-reactive ketones (excluding diaryl/α,β-unsaturated/α-hetero) is 1. The number of hydrogen-bond donors (Lipinski definition) is 2. The molecule has 188 valence electrons. The van der Waals surface area contributed by atoms with Crippen molar-refractivity contribution in [1.82, 2.24) is 25.1 Å². The van der Waals surface area contributed by atoms with Gasteiger partial charge in [0.2, 0.25) is 5.95 Å². The number of nitrogens with zero attached hydrogens (tertiary/aromatic N) is 5. The minimum atomic E-state index is 0.331. The Kier molecular flexibility index (Phi) is 7.04. The van der Waals surface area contributed by atoms with Crippen LogP contribution < -0.4 is 10.2 Å². The maximum atomic E-state index is 12.4. The number of carbonyl (C=O) groups excluding carboxylic acids is 1. The van der Waals surface area contributed by atoms with Crippen LogP contribution in [0.5, 0.6) is 0 Å². The van der Waals surface area contributed by atoms with Crippen molar-refractivity contribution in [2.75, 3.05) is 30.4 Å². The molecule has 9 nitrogen and oxygen atoms in total. The van der Waals surface area contributed by atoms with Crippen LogP contribution in [0.15, 0.2) is 18.2 Å². The molecule has 3 aliphatic rings. The number of aryl methyl sites for hydroxylation is 1. The zero-order valence-electron chi connectivity index (χ0n) is 21.1. The minimum absolute atomic E-state index is 0.331. The van der Waals surface area contributed by atoms with E-state index in [1.807, 2.05) is 19.1 Å². The van der Waals surface area contributed by atoms with Crippen molar-refractivity contribution in [2.45, 2.75) is 83.3 Å². The van der Waals surface area contributed by atoms with Crippen LogP contribution >= 0.6 is 0 Å². The number of hydrogen-bond acceptors (Lipinski definition) is 8. The molecule has 3 atom stereocenters. The van der Waals surface area contributed by atoms with Crippen molar-refractivity contribution in [3.05, 3.63) is 29.6 Å². The van der Waals surface area contributed by atoms with Crippen LogP contribution in [0, 0.1) is 6.92 Å². The molecular formula is C26H37N7O2. The van der Waals surface area contributed by atoms with Gasteiger partial charge in [-0.05, 0) is 45.1 Å². The highest BCUT2D eigenvalue weighted by molar-refractivity contribution is 5.80. The highest BCUT2D eigenvalue weighted by Gasteiger charge is 2.40. The van der Waals surface area contributed by atoms with E-state index in [-0.39, 0.29) is 0 Å². The summed E-state index contributed by atoms with van der Waals surface area (Å²) in [4.78, 5) is 26.9. The fourth-order valence-corrected chi connectivity index (χ4v) is 5.74. The lowest BCUT2D eigenvalue weighted by atomic mass is 9.81. The number of carbonyl (C=O) groups is 1. The van der Waals surface area contributed by atoms with E-state index < -0.39 is 0 Å². The van der Waals surface area contributed by atoms with E-state index in [0.29, 0.717) is 55.2 Å². The third kappa shape index (κ3) is 5.34. The summed E-state index contributed by atoms with van der Waals surface area (Å²) < 4.78 is 5.82. The van der Waals surface area contributed by atoms with Gasteiger partial charge in [-0.2, -0.15) is 10.1 Å². The van der Waals surface area contributed by atoms with Gasteiger partial charge in [-0.15, -0.1) is 0 Å². The van der Waals surface area contributed by atoms with E-state index in [9.17, 15) is 4.79 Å². The number of nitrogens with one attached hydrogen (secondary N) is 2. The van der Waals surface area contributed by atoms with Gasteiger partial charge in [-0.1, -0.05) is 13.3 Å². The van der Waals surface area contributed by atoms with Crippen molar-refractivity contribution in [3.63, 3.8) is 0 Å². The summed E-state index contributed by atoms with van der Waals surface area (Å²) in [6.07, 6.45) is 10.2. The first-order valence-electron chi connectivity index (χ1n) is 13.0. The molecule has 35 heavy (non-hydrogen) atoms. The number of fused-ring (bicyclic) bond motifs is 2. The molecule has 2 N–H and O–H groups in total. The molecule has 0 aliphatic carbocycles. The maximum Gasteiger partial charge on any atom is 0.227 e. The second-order valence-corrected chi connectivity index (χ2v) is 10.1. The Morgan fingerprint density at radius 1 is 1.23 bits per heavy atom. The Hall–Kier alpha value is -2.94. The third-order valence-corrected chi connectivity index (χ3v) is 7.49. The number of anilines is 3. The first kappa shape index (κ1) is 23.8. The molecule has 5 heterocycles. The number of ether oxygens (including phenoxy) is 1. The van der Waals surface area contributed by atoms with E-state index in [2.05, 4.69) is 45.4 Å². The Morgan fingerprint density at radius 2 is 2.03 bits per heavy atom. The lowest BCUT2D eigenvalue weighted by Gasteiger charge is -2.50. The fourth-order valence-electron chi connectivity index (χ4n) is 5.74. The molecule has 2 saturated heterocycles. The number of aromatic amines is 1. The Labute approximate surface area is 207 Å². The van der Waals surface area contributed by atoms with Crippen LogP contribution in [0.3, 0.4) is 0 Å². The van der Waals surface area contributed by atoms with Crippen molar-refractivity contribution >= 4 is 29.1 Å². The topological polar surface area (TPSA) is 99.3 Å².